The lowest BCUT2D eigenvalue weighted by Gasteiger charge is -2.25. The number of carbonyl (C=O) groups is 1. The smallest absolute Gasteiger partial charge is 0.391 e. The van der Waals surface area contributed by atoms with Crippen molar-refractivity contribution < 1.29 is 28.4 Å². The largest absolute Gasteiger partial charge is 0.472 e. The maximum atomic E-state index is 12.6. The van der Waals surface area contributed by atoms with E-state index >= 15 is 0 Å². The first-order valence-electron chi connectivity index (χ1n) is 17.8. The van der Waals surface area contributed by atoms with E-state index in [1.54, 1.807) is 0 Å². The van der Waals surface area contributed by atoms with Crippen molar-refractivity contribution in [2.45, 2.75) is 180 Å². The van der Waals surface area contributed by atoms with Crippen molar-refractivity contribution in [3.8, 4) is 0 Å². The number of hydrogen-bond acceptors (Lipinski definition) is 6. The molecule has 5 N–H and O–H groups in total. The van der Waals surface area contributed by atoms with Crippen LogP contribution in [-0.4, -0.2) is 47.8 Å². The Morgan fingerprint density at radius 2 is 1.21 bits per heavy atom. The lowest BCUT2D eigenvalue weighted by atomic mass is 10.0. The Labute approximate surface area is 265 Å². The van der Waals surface area contributed by atoms with Gasteiger partial charge in [-0.15, -0.1) is 0 Å². The number of aliphatic hydroxyl groups is 1. The standard InChI is InChI=1S/C34H69N2O6P/c1-3-5-7-9-11-12-13-14-15-16-17-18-19-20-22-24-26-28-34(38)36-32(31-42-43(39,40)41-30-29-35)33(37)27-25-23-21-10-8-6-4-2/h14-15,32-33,37H,3-13,16-31,35H2,1-2H3,(H,36,38)(H,39,40)/b15-14-. The molecule has 0 rings (SSSR count). The molecule has 0 aromatic rings. The minimum Gasteiger partial charge on any atom is -0.391 e. The molecule has 0 heterocycles. The maximum Gasteiger partial charge on any atom is 0.472 e. The number of carbonyl (C=O) groups excluding carboxylic acids is 1. The minimum absolute atomic E-state index is 0.0889. The van der Waals surface area contributed by atoms with Crippen LogP contribution in [0.1, 0.15) is 168 Å². The van der Waals surface area contributed by atoms with Gasteiger partial charge in [-0.05, 0) is 38.5 Å². The van der Waals surface area contributed by atoms with E-state index in [9.17, 15) is 19.4 Å². The van der Waals surface area contributed by atoms with E-state index in [4.69, 9.17) is 14.8 Å². The summed E-state index contributed by atoms with van der Waals surface area (Å²) in [5, 5.41) is 13.6. The van der Waals surface area contributed by atoms with Gasteiger partial charge < -0.3 is 21.1 Å². The molecule has 0 aliphatic rings. The van der Waals surface area contributed by atoms with Gasteiger partial charge in [0.2, 0.25) is 5.91 Å². The first-order valence-corrected chi connectivity index (χ1v) is 19.3. The predicted octanol–water partition coefficient (Wildman–Crippen LogP) is 8.88. The van der Waals surface area contributed by atoms with Crippen LogP contribution in [0.3, 0.4) is 0 Å². The topological polar surface area (TPSA) is 131 Å². The Morgan fingerprint density at radius 1 is 0.744 bits per heavy atom. The Bertz CT molecular complexity index is 694. The molecule has 0 saturated heterocycles. The Balaban J connectivity index is 4.15. The lowest BCUT2D eigenvalue weighted by Crippen LogP contribution is -2.46. The van der Waals surface area contributed by atoms with Gasteiger partial charge in [0.15, 0.2) is 0 Å². The third kappa shape index (κ3) is 29.7. The molecule has 256 valence electrons. The average molecular weight is 633 g/mol. The van der Waals surface area contributed by atoms with Crippen LogP contribution in [-0.2, 0) is 18.4 Å². The fraction of sp³-hybridized carbons (Fsp3) is 0.912. The van der Waals surface area contributed by atoms with Crippen molar-refractivity contribution >= 4 is 13.7 Å². The summed E-state index contributed by atoms with van der Waals surface area (Å²) >= 11 is 0. The molecule has 0 spiro atoms. The number of amides is 1. The summed E-state index contributed by atoms with van der Waals surface area (Å²) in [5.74, 6) is -0.171. The highest BCUT2D eigenvalue weighted by molar-refractivity contribution is 7.47. The summed E-state index contributed by atoms with van der Waals surface area (Å²) in [4.78, 5) is 22.5. The van der Waals surface area contributed by atoms with Crippen LogP contribution in [0.5, 0.6) is 0 Å². The van der Waals surface area contributed by atoms with Gasteiger partial charge in [0, 0.05) is 13.0 Å². The lowest BCUT2D eigenvalue weighted by molar-refractivity contribution is -0.123. The Morgan fingerprint density at radius 3 is 1.72 bits per heavy atom. The molecule has 0 aromatic heterocycles. The number of unbranched alkanes of at least 4 members (excludes halogenated alkanes) is 19. The van der Waals surface area contributed by atoms with Crippen molar-refractivity contribution in [2.75, 3.05) is 19.8 Å². The SMILES string of the molecule is CCCCCCCC/C=C\CCCCCCCCCC(=O)NC(COP(=O)(O)OCCN)C(O)CCCCCCCCC. The van der Waals surface area contributed by atoms with Gasteiger partial charge in [-0.3, -0.25) is 13.8 Å². The Kier molecular flexibility index (Phi) is 30.7. The molecule has 0 aliphatic heterocycles. The summed E-state index contributed by atoms with van der Waals surface area (Å²) in [7, 11) is -4.30. The number of nitrogens with two attached hydrogens (primary N) is 1. The zero-order chi connectivity index (χ0) is 31.9. The first kappa shape index (κ1) is 42.2. The van der Waals surface area contributed by atoms with Crippen LogP contribution < -0.4 is 11.1 Å². The zero-order valence-electron chi connectivity index (χ0n) is 28.0. The molecule has 1 amide bonds. The van der Waals surface area contributed by atoms with Crippen molar-refractivity contribution in [1.29, 1.82) is 0 Å². The highest BCUT2D eigenvalue weighted by atomic mass is 31.2. The van der Waals surface area contributed by atoms with E-state index in [2.05, 4.69) is 31.3 Å². The number of rotatable bonds is 33. The van der Waals surface area contributed by atoms with Crippen LogP contribution in [0.15, 0.2) is 12.2 Å². The van der Waals surface area contributed by atoms with E-state index in [0.717, 1.165) is 38.5 Å². The van der Waals surface area contributed by atoms with Crippen molar-refractivity contribution in [1.82, 2.24) is 5.32 Å². The van der Waals surface area contributed by atoms with E-state index in [1.807, 2.05) is 0 Å². The molecular weight excluding hydrogens is 563 g/mol. The molecule has 0 saturated carbocycles. The third-order valence-corrected chi connectivity index (χ3v) is 8.85. The molecule has 9 heteroatoms. The molecule has 0 aromatic carbocycles. The summed E-state index contributed by atoms with van der Waals surface area (Å²) in [6.07, 6.45) is 30.9. The van der Waals surface area contributed by atoms with Crippen LogP contribution in [0.2, 0.25) is 0 Å². The van der Waals surface area contributed by atoms with Crippen LogP contribution >= 0.6 is 7.82 Å². The van der Waals surface area contributed by atoms with Gasteiger partial charge in [0.05, 0.1) is 25.4 Å². The fourth-order valence-electron chi connectivity index (χ4n) is 5.13. The minimum atomic E-state index is -4.30. The highest BCUT2D eigenvalue weighted by Gasteiger charge is 2.27. The van der Waals surface area contributed by atoms with E-state index < -0.39 is 20.0 Å². The van der Waals surface area contributed by atoms with Gasteiger partial charge in [-0.1, -0.05) is 135 Å². The second kappa shape index (κ2) is 31.2. The van der Waals surface area contributed by atoms with Gasteiger partial charge in [-0.25, -0.2) is 4.57 Å². The van der Waals surface area contributed by atoms with Crippen molar-refractivity contribution in [3.63, 3.8) is 0 Å². The van der Waals surface area contributed by atoms with Crippen LogP contribution in [0.4, 0.5) is 0 Å². The molecular formula is C34H69N2O6P. The second-order valence-corrected chi connectivity index (χ2v) is 13.5. The number of aliphatic hydroxyl groups excluding tert-OH is 1. The quantitative estimate of drug-likeness (QED) is 0.0323. The Hall–Kier alpha value is -0.760. The predicted molar refractivity (Wildman–Crippen MR) is 180 cm³/mol. The molecule has 0 bridgehead atoms. The normalized spacial score (nSPS) is 14.6. The third-order valence-electron chi connectivity index (χ3n) is 7.87. The van der Waals surface area contributed by atoms with Crippen molar-refractivity contribution in [2.24, 2.45) is 5.73 Å². The van der Waals surface area contributed by atoms with E-state index in [-0.39, 0.29) is 25.7 Å². The van der Waals surface area contributed by atoms with Gasteiger partial charge in [0.25, 0.3) is 0 Å². The molecule has 0 radical (unpaired) electrons. The van der Waals surface area contributed by atoms with Crippen molar-refractivity contribution in [3.05, 3.63) is 12.2 Å². The molecule has 0 fully saturated rings. The number of hydrogen-bond donors (Lipinski definition) is 4. The molecule has 3 unspecified atom stereocenters. The summed E-state index contributed by atoms with van der Waals surface area (Å²) in [5.41, 5.74) is 5.34. The number of allylic oxidation sites excluding steroid dienone is 2. The van der Waals surface area contributed by atoms with Gasteiger partial charge in [-0.2, -0.15) is 0 Å². The highest BCUT2D eigenvalue weighted by Crippen LogP contribution is 2.43. The summed E-state index contributed by atoms with van der Waals surface area (Å²) in [6, 6.07) is -0.769. The molecule has 43 heavy (non-hydrogen) atoms. The van der Waals surface area contributed by atoms with E-state index in [0.29, 0.717) is 12.8 Å². The van der Waals surface area contributed by atoms with Gasteiger partial charge in [0.1, 0.15) is 0 Å². The summed E-state index contributed by atoms with van der Waals surface area (Å²) in [6.45, 7) is 4.14. The van der Waals surface area contributed by atoms with Crippen LogP contribution in [0, 0.1) is 0 Å². The first-order chi connectivity index (χ1) is 20.9. The van der Waals surface area contributed by atoms with Crippen LogP contribution in [0.25, 0.3) is 0 Å². The zero-order valence-corrected chi connectivity index (χ0v) is 28.8. The van der Waals surface area contributed by atoms with Gasteiger partial charge >= 0.3 is 7.82 Å². The summed E-state index contributed by atoms with van der Waals surface area (Å²) < 4.78 is 21.9. The monoisotopic (exact) mass is 632 g/mol. The number of phosphoric ester groups is 1. The molecule has 0 aliphatic carbocycles. The second-order valence-electron chi connectivity index (χ2n) is 12.1. The molecule has 3 atom stereocenters. The average Bonchev–Trinajstić information content (AvgIpc) is 2.99. The number of nitrogens with one attached hydrogen (secondary N) is 1. The fourth-order valence-corrected chi connectivity index (χ4v) is 5.89. The maximum absolute atomic E-state index is 12.6. The van der Waals surface area contributed by atoms with E-state index in [1.165, 1.54) is 103 Å². The molecule has 8 nitrogen and oxygen atoms in total. The number of phosphoric acid groups is 1.